The summed E-state index contributed by atoms with van der Waals surface area (Å²) in [4.78, 5) is 0. The Morgan fingerprint density at radius 1 is 1.22 bits per heavy atom. The molecule has 0 bridgehead atoms. The van der Waals surface area contributed by atoms with Crippen LogP contribution in [-0.2, 0) is 13.6 Å². The van der Waals surface area contributed by atoms with Crippen LogP contribution in [0.3, 0.4) is 0 Å². The number of benzene rings is 1. The van der Waals surface area contributed by atoms with Crippen molar-refractivity contribution < 1.29 is 18.3 Å². The van der Waals surface area contributed by atoms with Crippen molar-refractivity contribution in [3.63, 3.8) is 0 Å². The molecule has 1 aromatic rings. The molecule has 0 unspecified atom stereocenters. The first kappa shape index (κ1) is 19.2. The smallest absolute Gasteiger partial charge is 0.362 e. The molecule has 23 heavy (non-hydrogen) atoms. The lowest BCUT2D eigenvalue weighted by molar-refractivity contribution is 0.230. The summed E-state index contributed by atoms with van der Waals surface area (Å²) in [5.74, 6) is 1.14. The highest BCUT2D eigenvalue weighted by Gasteiger charge is 2.33. The molecule has 0 N–H and O–H groups in total. The molecule has 0 heterocycles. The Morgan fingerprint density at radius 3 is 2.30 bits per heavy atom. The van der Waals surface area contributed by atoms with Crippen LogP contribution in [0, 0.1) is 5.92 Å². The number of hydrogen-bond acceptors (Lipinski definition) is 4. The van der Waals surface area contributed by atoms with E-state index in [9.17, 15) is 4.57 Å². The largest absolute Gasteiger partial charge is 0.497 e. The van der Waals surface area contributed by atoms with Gasteiger partial charge in [-0.15, -0.1) is 0 Å². The van der Waals surface area contributed by atoms with Crippen LogP contribution in [-0.4, -0.2) is 20.3 Å². The first-order valence-corrected chi connectivity index (χ1v) is 10.7. The average Bonchev–Trinajstić information content (AvgIpc) is 3.38. The number of halogens is 2. The van der Waals surface area contributed by atoms with Gasteiger partial charge in [0.2, 0.25) is 0 Å². The zero-order valence-corrected chi connectivity index (χ0v) is 17.5. The molecule has 4 nitrogen and oxygen atoms in total. The van der Waals surface area contributed by atoms with Gasteiger partial charge in [-0.05, 0) is 66.7 Å². The highest BCUT2D eigenvalue weighted by atomic mass is 79.9. The maximum Gasteiger partial charge on any atom is 0.362 e. The quantitative estimate of drug-likeness (QED) is 0.476. The van der Waals surface area contributed by atoms with Crippen molar-refractivity contribution in [1.82, 2.24) is 0 Å². The Bertz CT molecular complexity index is 631. The standard InChI is InChI=1S/C16H21Br2O4P/c1-4-21-23(19,22-5-2)14-10-12(20-3)8-9-13(14)16(18)15(17)11-6-7-11/h8-11H,4-7H2,1-3H3/b16-15+. The van der Waals surface area contributed by atoms with Gasteiger partial charge in [-0.2, -0.15) is 0 Å². The molecule has 2 rings (SSSR count). The van der Waals surface area contributed by atoms with E-state index in [4.69, 9.17) is 13.8 Å². The second-order valence-electron chi connectivity index (χ2n) is 5.15. The van der Waals surface area contributed by atoms with Crippen molar-refractivity contribution in [1.29, 1.82) is 0 Å². The van der Waals surface area contributed by atoms with Crippen LogP contribution in [0.2, 0.25) is 0 Å². The molecule has 0 radical (unpaired) electrons. The van der Waals surface area contributed by atoms with E-state index in [2.05, 4.69) is 31.9 Å². The van der Waals surface area contributed by atoms with E-state index in [1.807, 2.05) is 12.1 Å². The van der Waals surface area contributed by atoms with Crippen molar-refractivity contribution in [2.24, 2.45) is 5.92 Å². The molecule has 0 spiro atoms. The fraction of sp³-hybridized carbons (Fsp3) is 0.500. The lowest BCUT2D eigenvalue weighted by Gasteiger charge is -2.21. The average molecular weight is 468 g/mol. The third-order valence-electron chi connectivity index (χ3n) is 3.48. The summed E-state index contributed by atoms with van der Waals surface area (Å²) >= 11 is 7.30. The SMILES string of the molecule is CCOP(=O)(OCC)c1cc(OC)ccc1/C(Br)=C(\Br)C1CC1. The fourth-order valence-electron chi connectivity index (χ4n) is 2.21. The maximum atomic E-state index is 13.3. The van der Waals surface area contributed by atoms with E-state index >= 15 is 0 Å². The van der Waals surface area contributed by atoms with Gasteiger partial charge >= 0.3 is 7.60 Å². The summed E-state index contributed by atoms with van der Waals surface area (Å²) < 4.78 is 31.6. The third-order valence-corrected chi connectivity index (χ3v) is 8.07. The van der Waals surface area contributed by atoms with Gasteiger partial charge in [0.15, 0.2) is 0 Å². The van der Waals surface area contributed by atoms with Crippen molar-refractivity contribution in [2.75, 3.05) is 20.3 Å². The van der Waals surface area contributed by atoms with Crippen LogP contribution < -0.4 is 10.0 Å². The van der Waals surface area contributed by atoms with Crippen LogP contribution >= 0.6 is 39.5 Å². The van der Waals surface area contributed by atoms with Crippen LogP contribution in [0.1, 0.15) is 32.3 Å². The van der Waals surface area contributed by atoms with Gasteiger partial charge in [0, 0.05) is 14.5 Å². The fourth-order valence-corrected chi connectivity index (χ4v) is 5.50. The van der Waals surface area contributed by atoms with Crippen LogP contribution in [0.4, 0.5) is 0 Å². The zero-order chi connectivity index (χ0) is 17.0. The Balaban J connectivity index is 2.58. The summed E-state index contributed by atoms with van der Waals surface area (Å²) in [5, 5.41) is 0.519. The molecular formula is C16H21Br2O4P. The molecular weight excluding hydrogens is 447 g/mol. The van der Waals surface area contributed by atoms with Gasteiger partial charge in [-0.25, -0.2) is 0 Å². The molecule has 1 aliphatic carbocycles. The number of ether oxygens (including phenoxy) is 1. The number of methoxy groups -OCH3 is 1. The third kappa shape index (κ3) is 4.49. The maximum absolute atomic E-state index is 13.3. The van der Waals surface area contributed by atoms with Crippen LogP contribution in [0.5, 0.6) is 5.75 Å². The molecule has 128 valence electrons. The normalized spacial score (nSPS) is 16.2. The zero-order valence-electron chi connectivity index (χ0n) is 13.5. The number of allylic oxidation sites excluding steroid dienone is 1. The van der Waals surface area contributed by atoms with E-state index in [0.717, 1.165) is 27.4 Å². The first-order chi connectivity index (χ1) is 11.0. The molecule has 1 saturated carbocycles. The van der Waals surface area contributed by atoms with E-state index < -0.39 is 7.60 Å². The molecule has 1 aromatic carbocycles. The molecule has 7 heteroatoms. The van der Waals surface area contributed by atoms with Crippen molar-refractivity contribution in [2.45, 2.75) is 26.7 Å². The van der Waals surface area contributed by atoms with Crippen LogP contribution in [0.25, 0.3) is 4.48 Å². The van der Waals surface area contributed by atoms with Gasteiger partial charge < -0.3 is 13.8 Å². The highest BCUT2D eigenvalue weighted by molar-refractivity contribution is 9.16. The lowest BCUT2D eigenvalue weighted by Crippen LogP contribution is -2.15. The van der Waals surface area contributed by atoms with Gasteiger partial charge in [0.05, 0.1) is 25.6 Å². The minimum absolute atomic E-state index is 0.305. The highest BCUT2D eigenvalue weighted by Crippen LogP contribution is 2.51. The Kier molecular flexibility index (Phi) is 6.93. The van der Waals surface area contributed by atoms with E-state index in [1.165, 1.54) is 0 Å². The van der Waals surface area contributed by atoms with Crippen molar-refractivity contribution >= 4 is 49.2 Å². The predicted molar refractivity (Wildman–Crippen MR) is 101 cm³/mol. The number of hydrogen-bond donors (Lipinski definition) is 0. The van der Waals surface area contributed by atoms with Gasteiger partial charge in [0.1, 0.15) is 5.75 Å². The molecule has 0 aromatic heterocycles. The minimum Gasteiger partial charge on any atom is -0.497 e. The molecule has 0 aliphatic heterocycles. The summed E-state index contributed by atoms with van der Waals surface area (Å²) in [5.41, 5.74) is 0.801. The van der Waals surface area contributed by atoms with Gasteiger partial charge in [0.25, 0.3) is 0 Å². The predicted octanol–water partition coefficient (Wildman–Crippen LogP) is 5.46. The Morgan fingerprint density at radius 2 is 1.83 bits per heavy atom. The second-order valence-corrected chi connectivity index (χ2v) is 8.79. The minimum atomic E-state index is -3.42. The second kappa shape index (κ2) is 8.30. The summed E-state index contributed by atoms with van der Waals surface area (Å²) in [6.45, 7) is 4.21. The molecule has 1 fully saturated rings. The molecule has 0 atom stereocenters. The van der Waals surface area contributed by atoms with Crippen LogP contribution in [0.15, 0.2) is 22.7 Å². The first-order valence-electron chi connectivity index (χ1n) is 7.60. The summed E-state index contributed by atoms with van der Waals surface area (Å²) in [7, 11) is -1.84. The Labute approximate surface area is 154 Å². The molecule has 0 saturated heterocycles. The summed E-state index contributed by atoms with van der Waals surface area (Å²) in [6.07, 6.45) is 2.32. The molecule has 1 aliphatic rings. The van der Waals surface area contributed by atoms with E-state index in [1.54, 1.807) is 27.0 Å². The van der Waals surface area contributed by atoms with Gasteiger partial charge in [-0.1, -0.05) is 15.9 Å². The number of rotatable bonds is 8. The Hall–Kier alpha value is -0.130. The van der Waals surface area contributed by atoms with E-state index in [0.29, 0.717) is 30.2 Å². The van der Waals surface area contributed by atoms with Crippen molar-refractivity contribution in [3.05, 3.63) is 28.2 Å². The van der Waals surface area contributed by atoms with Gasteiger partial charge in [-0.3, -0.25) is 4.57 Å². The van der Waals surface area contributed by atoms with Crippen molar-refractivity contribution in [3.8, 4) is 5.75 Å². The monoisotopic (exact) mass is 466 g/mol. The lowest BCUT2D eigenvalue weighted by atomic mass is 10.2. The van der Waals surface area contributed by atoms with E-state index in [-0.39, 0.29) is 0 Å². The molecule has 0 amide bonds. The summed E-state index contributed by atoms with van der Waals surface area (Å²) in [6, 6.07) is 5.46. The topological polar surface area (TPSA) is 44.8 Å².